The van der Waals surface area contributed by atoms with Gasteiger partial charge in [-0.2, -0.15) is 4.08 Å². The molecule has 0 fully saturated rings. The molecule has 0 spiro atoms. The van der Waals surface area contributed by atoms with E-state index in [-0.39, 0.29) is 5.25 Å². The summed E-state index contributed by atoms with van der Waals surface area (Å²) in [7, 11) is 6.23. The first-order valence-corrected chi connectivity index (χ1v) is 9.39. The Hall–Kier alpha value is 0.120. The lowest BCUT2D eigenvalue weighted by Gasteiger charge is -2.29. The minimum absolute atomic E-state index is 0.273. The highest BCUT2D eigenvalue weighted by molar-refractivity contribution is 8.58. The van der Waals surface area contributed by atoms with Gasteiger partial charge in [0.2, 0.25) is 0 Å². The third-order valence-corrected chi connectivity index (χ3v) is 9.58. The lowest BCUT2D eigenvalue weighted by Crippen LogP contribution is -2.26. The highest BCUT2D eigenvalue weighted by Gasteiger charge is 2.31. The van der Waals surface area contributed by atoms with Gasteiger partial charge in [0, 0.05) is 19.3 Å². The summed E-state index contributed by atoms with van der Waals surface area (Å²) in [5, 5.41) is 3.12. The number of hydrogen-bond donors (Lipinski definition) is 1. The smallest absolute Gasteiger partial charge is 0.420 e. The first-order chi connectivity index (χ1) is 8.30. The molecule has 18 heavy (non-hydrogen) atoms. The van der Waals surface area contributed by atoms with Gasteiger partial charge < -0.3 is 4.74 Å². The molecule has 9 heteroatoms. The van der Waals surface area contributed by atoms with Crippen molar-refractivity contribution in [3.63, 3.8) is 0 Å². The van der Waals surface area contributed by atoms with Gasteiger partial charge in [0.15, 0.2) is 0 Å². The summed E-state index contributed by atoms with van der Waals surface area (Å²) in [6, 6.07) is 0. The van der Waals surface area contributed by atoms with Crippen LogP contribution in [0.15, 0.2) is 0 Å². The average Bonchev–Trinajstić information content (AvgIpc) is 2.36. The predicted octanol–water partition coefficient (Wildman–Crippen LogP) is 3.04. The molecule has 2 atom stereocenters. The second kappa shape index (κ2) is 8.32. The molecular weight excluding hydrogens is 293 g/mol. The first kappa shape index (κ1) is 18.1. The first-order valence-electron chi connectivity index (χ1n) is 5.52. The molecule has 0 aliphatic carbocycles. The van der Waals surface area contributed by atoms with Gasteiger partial charge in [-0.1, -0.05) is 25.2 Å². The molecule has 1 N–H and O–H groups in total. The average molecular weight is 315 g/mol. The molecule has 108 valence electrons. The number of nitrogens with zero attached hydrogens (tertiary/aromatic N) is 2. The van der Waals surface area contributed by atoms with E-state index in [0.29, 0.717) is 0 Å². The fraction of sp³-hybridized carbons (Fsp3) is 0.889. The van der Waals surface area contributed by atoms with E-state index in [2.05, 4.69) is 9.82 Å². The van der Waals surface area contributed by atoms with Crippen LogP contribution in [0.25, 0.3) is 0 Å². The highest BCUT2D eigenvalue weighted by atomic mass is 32.7. The number of carbonyl (C=O) groups excluding carboxylic acids is 1. The Morgan fingerprint density at radius 2 is 2.06 bits per heavy atom. The normalized spacial score (nSPS) is 16.2. The zero-order valence-corrected chi connectivity index (χ0v) is 14.2. The van der Waals surface area contributed by atoms with Crippen LogP contribution in [0, 0.1) is 0 Å². The minimum atomic E-state index is -2.75. The molecule has 0 saturated heterocycles. The van der Waals surface area contributed by atoms with Crippen LogP contribution in [0.2, 0.25) is 0 Å². The third-order valence-electron chi connectivity index (χ3n) is 2.22. The van der Waals surface area contributed by atoms with Crippen molar-refractivity contribution in [3.8, 4) is 0 Å². The Morgan fingerprint density at radius 3 is 2.44 bits per heavy atom. The topological polar surface area (TPSA) is 61.9 Å². The lowest BCUT2D eigenvalue weighted by atomic mass is 10.4. The van der Waals surface area contributed by atoms with Crippen LogP contribution in [0.3, 0.4) is 0 Å². The summed E-state index contributed by atoms with van der Waals surface area (Å²) in [5.74, 6) is 0. The summed E-state index contributed by atoms with van der Waals surface area (Å²) in [5.41, 5.74) is 0. The predicted molar refractivity (Wildman–Crippen MR) is 79.5 cm³/mol. The van der Waals surface area contributed by atoms with Gasteiger partial charge in [-0.15, -0.1) is 0 Å². The quantitative estimate of drug-likeness (QED) is 0.572. The Labute approximate surface area is 118 Å². The summed E-state index contributed by atoms with van der Waals surface area (Å²) in [4.78, 5) is 11.3. The van der Waals surface area contributed by atoms with E-state index in [9.17, 15) is 9.36 Å². The van der Waals surface area contributed by atoms with Gasteiger partial charge in [0.05, 0.1) is 19.2 Å². The fourth-order valence-electron chi connectivity index (χ4n) is 0.966. The number of amides is 1. The molecule has 2 unspecified atom stereocenters. The van der Waals surface area contributed by atoms with Crippen LogP contribution in [0.5, 0.6) is 0 Å². The Kier molecular flexibility index (Phi) is 8.38. The molecular formula is C9H22N3O3PS2. The van der Waals surface area contributed by atoms with Crippen molar-refractivity contribution in [2.75, 3.05) is 28.3 Å². The summed E-state index contributed by atoms with van der Waals surface area (Å²) in [6.07, 6.45) is 0.449. The molecule has 1 amide bonds. The van der Waals surface area contributed by atoms with Gasteiger partial charge in [-0.25, -0.2) is 14.2 Å². The molecule has 0 radical (unpaired) electrons. The van der Waals surface area contributed by atoms with E-state index in [1.165, 1.54) is 22.8 Å². The zero-order valence-electron chi connectivity index (χ0n) is 11.7. The second-order valence-electron chi connectivity index (χ2n) is 3.58. The van der Waals surface area contributed by atoms with Gasteiger partial charge in [0.1, 0.15) is 0 Å². The summed E-state index contributed by atoms with van der Waals surface area (Å²) >= 11 is 2.45. The van der Waals surface area contributed by atoms with Crippen LogP contribution in [0.4, 0.5) is 4.79 Å². The molecule has 0 aliphatic heterocycles. The largest absolute Gasteiger partial charge is 0.452 e. The Morgan fingerprint density at radius 1 is 1.50 bits per heavy atom. The molecule has 0 bridgehead atoms. The van der Waals surface area contributed by atoms with Crippen molar-refractivity contribution in [1.29, 1.82) is 0 Å². The SMILES string of the molecule is CCC(C)SP(=O)(NC)N(C)SN(C)C(=O)OC. The molecule has 0 heterocycles. The number of rotatable bonds is 7. The van der Waals surface area contributed by atoms with Crippen LogP contribution in [0.1, 0.15) is 20.3 Å². The molecule has 6 nitrogen and oxygen atoms in total. The van der Waals surface area contributed by atoms with Gasteiger partial charge in [-0.05, 0) is 13.5 Å². The monoisotopic (exact) mass is 315 g/mol. The number of ether oxygens (including phenoxy) is 1. The van der Waals surface area contributed by atoms with Crippen molar-refractivity contribution >= 4 is 36.3 Å². The van der Waals surface area contributed by atoms with E-state index in [1.54, 1.807) is 25.2 Å². The van der Waals surface area contributed by atoms with E-state index >= 15 is 0 Å². The van der Waals surface area contributed by atoms with Crippen molar-refractivity contribution in [2.24, 2.45) is 0 Å². The highest BCUT2D eigenvalue weighted by Crippen LogP contribution is 2.61. The number of hydrogen-bond acceptors (Lipinski definition) is 5. The van der Waals surface area contributed by atoms with Gasteiger partial charge in [-0.3, -0.25) is 4.57 Å². The zero-order chi connectivity index (χ0) is 14.3. The van der Waals surface area contributed by atoms with Gasteiger partial charge >= 0.3 is 6.09 Å². The number of carbonyl (C=O) groups is 1. The van der Waals surface area contributed by atoms with Crippen molar-refractivity contribution < 1.29 is 14.1 Å². The fourth-order valence-corrected chi connectivity index (χ4v) is 6.82. The maximum Gasteiger partial charge on any atom is 0.420 e. The minimum Gasteiger partial charge on any atom is -0.452 e. The van der Waals surface area contributed by atoms with E-state index in [4.69, 9.17) is 0 Å². The standard InChI is InChI=1S/C9H22N3O3PS2/c1-7-8(2)17-16(14,10-3)12(5)18-11(4)9(13)15-6/h8H,7H2,1-6H3,(H,10,14). The molecule has 0 aromatic carbocycles. The van der Waals surface area contributed by atoms with Crippen molar-refractivity contribution in [3.05, 3.63) is 0 Å². The molecule has 0 aliphatic rings. The number of methoxy groups -OCH3 is 1. The lowest BCUT2D eigenvalue weighted by molar-refractivity contribution is 0.156. The van der Waals surface area contributed by atoms with Gasteiger partial charge in [0.25, 0.3) is 6.65 Å². The second-order valence-corrected chi connectivity index (χ2v) is 10.3. The Bertz CT molecular complexity index is 319. The number of nitrogens with one attached hydrogen (secondary N) is 1. The van der Waals surface area contributed by atoms with Crippen LogP contribution in [-0.4, -0.2) is 48.0 Å². The van der Waals surface area contributed by atoms with Crippen LogP contribution < -0.4 is 5.09 Å². The summed E-state index contributed by atoms with van der Waals surface area (Å²) < 4.78 is 20.1. The maximum absolute atomic E-state index is 12.7. The summed E-state index contributed by atoms with van der Waals surface area (Å²) in [6.45, 7) is 1.32. The maximum atomic E-state index is 12.7. The van der Waals surface area contributed by atoms with E-state index in [0.717, 1.165) is 18.6 Å². The third kappa shape index (κ3) is 5.40. The molecule has 0 aromatic heterocycles. The van der Waals surface area contributed by atoms with Crippen molar-refractivity contribution in [2.45, 2.75) is 25.5 Å². The Balaban J connectivity index is 4.65. The molecule has 0 saturated carbocycles. The van der Waals surface area contributed by atoms with E-state index in [1.807, 2.05) is 13.8 Å². The van der Waals surface area contributed by atoms with E-state index < -0.39 is 12.7 Å². The van der Waals surface area contributed by atoms with Crippen LogP contribution in [-0.2, 0) is 9.30 Å². The molecule has 0 aromatic rings. The van der Waals surface area contributed by atoms with Crippen LogP contribution >= 0.6 is 30.2 Å². The van der Waals surface area contributed by atoms with Crippen molar-refractivity contribution in [1.82, 2.24) is 13.5 Å². The molecule has 0 rings (SSSR count).